The number of fused-ring (bicyclic) bond motifs is 1. The number of nitrogens with one attached hydrogen (secondary N) is 1. The van der Waals surface area contributed by atoms with E-state index in [2.05, 4.69) is 15.5 Å². The van der Waals surface area contributed by atoms with Crippen molar-refractivity contribution in [1.29, 1.82) is 0 Å². The van der Waals surface area contributed by atoms with Crippen LogP contribution in [0, 0.1) is 5.92 Å². The van der Waals surface area contributed by atoms with Crippen molar-refractivity contribution in [2.45, 2.75) is 38.7 Å². The summed E-state index contributed by atoms with van der Waals surface area (Å²) in [7, 11) is 1.61. The van der Waals surface area contributed by atoms with Crippen LogP contribution in [0.5, 0.6) is 5.75 Å². The average Bonchev–Trinajstić information content (AvgIpc) is 2.97. The van der Waals surface area contributed by atoms with Gasteiger partial charge in [0.15, 0.2) is 0 Å². The van der Waals surface area contributed by atoms with Gasteiger partial charge in [-0.2, -0.15) is 13.2 Å². The topological polar surface area (TPSA) is 52.0 Å². The molecule has 0 spiro atoms. The molecule has 3 rings (SSSR count). The lowest BCUT2D eigenvalue weighted by Crippen LogP contribution is -2.33. The van der Waals surface area contributed by atoms with Crippen molar-refractivity contribution in [1.82, 2.24) is 20.1 Å². The van der Waals surface area contributed by atoms with Crippen LogP contribution in [-0.2, 0) is 26.1 Å². The minimum Gasteiger partial charge on any atom is -0.497 e. The molecule has 0 saturated carbocycles. The van der Waals surface area contributed by atoms with Crippen LogP contribution in [0.4, 0.5) is 13.2 Å². The number of methoxy groups -OCH3 is 1. The Balaban J connectivity index is 1.59. The quantitative estimate of drug-likeness (QED) is 0.909. The van der Waals surface area contributed by atoms with Gasteiger partial charge in [-0.15, -0.1) is 10.2 Å². The van der Waals surface area contributed by atoms with Crippen LogP contribution in [0.3, 0.4) is 0 Å². The Labute approximate surface area is 137 Å². The maximum Gasteiger partial charge on any atom is 0.393 e. The Morgan fingerprint density at radius 3 is 2.62 bits per heavy atom. The lowest BCUT2D eigenvalue weighted by atomic mass is 9.99. The Kier molecular flexibility index (Phi) is 4.75. The summed E-state index contributed by atoms with van der Waals surface area (Å²) in [6.07, 6.45) is -3.77. The largest absolute Gasteiger partial charge is 0.497 e. The second-order valence-electron chi connectivity index (χ2n) is 5.87. The molecular weight excluding hydrogens is 321 g/mol. The summed E-state index contributed by atoms with van der Waals surface area (Å²) in [6, 6.07) is 7.60. The number of aromatic nitrogens is 3. The van der Waals surface area contributed by atoms with Gasteiger partial charge in [-0.3, -0.25) is 0 Å². The molecule has 1 unspecified atom stereocenters. The molecule has 1 aliphatic heterocycles. The van der Waals surface area contributed by atoms with Crippen molar-refractivity contribution in [2.24, 2.45) is 5.92 Å². The molecule has 2 aromatic rings. The Morgan fingerprint density at radius 2 is 1.96 bits per heavy atom. The fourth-order valence-corrected chi connectivity index (χ4v) is 2.84. The van der Waals surface area contributed by atoms with E-state index in [-0.39, 0.29) is 13.0 Å². The zero-order valence-electron chi connectivity index (χ0n) is 13.3. The monoisotopic (exact) mass is 340 g/mol. The molecule has 0 amide bonds. The van der Waals surface area contributed by atoms with Crippen molar-refractivity contribution >= 4 is 0 Å². The third kappa shape index (κ3) is 3.69. The van der Waals surface area contributed by atoms with E-state index >= 15 is 0 Å². The molecule has 0 fully saturated rings. The number of halogens is 3. The zero-order valence-corrected chi connectivity index (χ0v) is 13.3. The minimum atomic E-state index is -4.17. The average molecular weight is 340 g/mol. The molecule has 0 aliphatic carbocycles. The lowest BCUT2D eigenvalue weighted by Gasteiger charge is -2.26. The van der Waals surface area contributed by atoms with E-state index in [9.17, 15) is 13.2 Å². The summed E-state index contributed by atoms with van der Waals surface area (Å²) in [6.45, 7) is 0.879. The fraction of sp³-hybridized carbons (Fsp3) is 0.500. The van der Waals surface area contributed by atoms with E-state index in [4.69, 9.17) is 4.74 Å². The molecular formula is C16H19F3N4O. The number of rotatable bonds is 5. The highest BCUT2D eigenvalue weighted by Gasteiger charge is 2.42. The van der Waals surface area contributed by atoms with Gasteiger partial charge in [-0.05, 0) is 24.1 Å². The highest BCUT2D eigenvalue weighted by molar-refractivity contribution is 5.27. The first-order valence-corrected chi connectivity index (χ1v) is 7.78. The highest BCUT2D eigenvalue weighted by atomic mass is 19.4. The van der Waals surface area contributed by atoms with Crippen LogP contribution in [0.25, 0.3) is 0 Å². The van der Waals surface area contributed by atoms with Gasteiger partial charge in [0.05, 0.1) is 19.6 Å². The number of benzene rings is 1. The summed E-state index contributed by atoms with van der Waals surface area (Å²) in [5.41, 5.74) is 1.06. The molecule has 24 heavy (non-hydrogen) atoms. The van der Waals surface area contributed by atoms with Crippen LogP contribution >= 0.6 is 0 Å². The van der Waals surface area contributed by atoms with E-state index < -0.39 is 12.1 Å². The minimum absolute atomic E-state index is 0.0842. The summed E-state index contributed by atoms with van der Waals surface area (Å²) < 4.78 is 45.5. The van der Waals surface area contributed by atoms with Crippen LogP contribution in [-0.4, -0.2) is 28.1 Å². The van der Waals surface area contributed by atoms with E-state index in [1.54, 1.807) is 11.7 Å². The molecule has 0 saturated heterocycles. The number of ether oxygens (including phenoxy) is 1. The van der Waals surface area contributed by atoms with Crippen LogP contribution in [0.2, 0.25) is 0 Å². The van der Waals surface area contributed by atoms with Crippen LogP contribution < -0.4 is 10.1 Å². The van der Waals surface area contributed by atoms with Crippen LogP contribution in [0.1, 0.15) is 23.6 Å². The molecule has 0 bridgehead atoms. The summed E-state index contributed by atoms with van der Waals surface area (Å²) in [5, 5.41) is 11.2. The van der Waals surface area contributed by atoms with Crippen molar-refractivity contribution in [2.75, 3.05) is 7.11 Å². The molecule has 1 aliphatic rings. The summed E-state index contributed by atoms with van der Waals surface area (Å²) in [5.74, 6) is 0.647. The third-order valence-corrected chi connectivity index (χ3v) is 4.26. The van der Waals surface area contributed by atoms with Gasteiger partial charge in [0.25, 0.3) is 0 Å². The second-order valence-corrected chi connectivity index (χ2v) is 5.87. The van der Waals surface area contributed by atoms with Gasteiger partial charge in [-0.1, -0.05) is 12.1 Å². The van der Waals surface area contributed by atoms with E-state index in [0.717, 1.165) is 11.3 Å². The van der Waals surface area contributed by atoms with Gasteiger partial charge < -0.3 is 14.6 Å². The third-order valence-electron chi connectivity index (χ3n) is 4.26. The molecule has 1 N–H and O–H groups in total. The number of alkyl halides is 3. The Morgan fingerprint density at radius 1 is 1.21 bits per heavy atom. The normalized spacial score (nSPS) is 17.6. The molecule has 2 heterocycles. The van der Waals surface area contributed by atoms with Gasteiger partial charge in [0.1, 0.15) is 17.4 Å². The molecule has 1 atom stereocenters. The zero-order chi connectivity index (χ0) is 17.2. The SMILES string of the molecule is COc1ccc(CNCc2nnc3n2CC(C(F)(F)F)CC3)cc1. The van der Waals surface area contributed by atoms with Gasteiger partial charge in [-0.25, -0.2) is 0 Å². The molecule has 1 aromatic heterocycles. The predicted molar refractivity (Wildman–Crippen MR) is 81.4 cm³/mol. The van der Waals surface area contributed by atoms with Crippen molar-refractivity contribution in [3.8, 4) is 5.75 Å². The first-order chi connectivity index (χ1) is 11.5. The Bertz CT molecular complexity index is 682. The van der Waals surface area contributed by atoms with E-state index in [1.165, 1.54) is 0 Å². The number of aryl methyl sites for hydroxylation is 1. The first kappa shape index (κ1) is 16.8. The highest BCUT2D eigenvalue weighted by Crippen LogP contribution is 2.34. The van der Waals surface area contributed by atoms with Crippen molar-refractivity contribution in [3.05, 3.63) is 41.5 Å². The van der Waals surface area contributed by atoms with Crippen molar-refractivity contribution < 1.29 is 17.9 Å². The van der Waals surface area contributed by atoms with E-state index in [0.29, 0.717) is 31.2 Å². The molecule has 1 aromatic carbocycles. The van der Waals surface area contributed by atoms with E-state index in [1.807, 2.05) is 24.3 Å². The molecule has 0 radical (unpaired) electrons. The van der Waals surface area contributed by atoms with Crippen LogP contribution in [0.15, 0.2) is 24.3 Å². The first-order valence-electron chi connectivity index (χ1n) is 7.78. The smallest absolute Gasteiger partial charge is 0.393 e. The van der Waals surface area contributed by atoms with Crippen molar-refractivity contribution in [3.63, 3.8) is 0 Å². The predicted octanol–water partition coefficient (Wildman–Crippen LogP) is 2.70. The Hall–Kier alpha value is -2.09. The summed E-state index contributed by atoms with van der Waals surface area (Å²) >= 11 is 0. The number of nitrogens with zero attached hydrogens (tertiary/aromatic N) is 3. The van der Waals surface area contributed by atoms with Gasteiger partial charge in [0.2, 0.25) is 0 Å². The number of hydrogen-bond donors (Lipinski definition) is 1. The molecule has 8 heteroatoms. The maximum atomic E-state index is 12.9. The summed E-state index contributed by atoms with van der Waals surface area (Å²) in [4.78, 5) is 0. The number of hydrogen-bond acceptors (Lipinski definition) is 4. The van der Waals surface area contributed by atoms with Gasteiger partial charge in [0, 0.05) is 19.5 Å². The van der Waals surface area contributed by atoms with Gasteiger partial charge >= 0.3 is 6.18 Å². The standard InChI is InChI=1S/C16H19F3N4O/c1-24-13-5-2-11(3-6-13)8-20-9-15-22-21-14-7-4-12(10-23(14)15)16(17,18)19/h2-3,5-6,12,20H,4,7-10H2,1H3. The fourth-order valence-electron chi connectivity index (χ4n) is 2.84. The molecule has 5 nitrogen and oxygen atoms in total. The molecule has 130 valence electrons. The maximum absolute atomic E-state index is 12.9. The second kappa shape index (κ2) is 6.80. The lowest BCUT2D eigenvalue weighted by molar-refractivity contribution is -0.182.